The second-order valence-electron chi connectivity index (χ2n) is 3.46. The third kappa shape index (κ3) is 4.20. The lowest BCUT2D eigenvalue weighted by atomic mass is 10.2. The van der Waals surface area contributed by atoms with Crippen LogP contribution < -0.4 is 4.90 Å². The van der Waals surface area contributed by atoms with Crippen LogP contribution in [0, 0.1) is 0 Å². The van der Waals surface area contributed by atoms with E-state index >= 15 is 0 Å². The molecule has 0 unspecified atom stereocenters. The Labute approximate surface area is 107 Å². The molecule has 0 spiro atoms. The zero-order valence-corrected chi connectivity index (χ0v) is 11.0. The summed E-state index contributed by atoms with van der Waals surface area (Å²) in [6, 6.07) is 8.28. The predicted molar refractivity (Wildman–Crippen MR) is 70.8 cm³/mol. The molecule has 0 heterocycles. The largest absolute Gasteiger partial charge is 0.380 e. The van der Waals surface area contributed by atoms with Gasteiger partial charge < -0.3 is 9.64 Å². The smallest absolute Gasteiger partial charge is 0.0713 e. The number of anilines is 1. The Hall–Kier alpha value is -0.440. The first-order chi connectivity index (χ1) is 7.81. The number of hydrogen-bond donors (Lipinski definition) is 0. The minimum atomic E-state index is 0.608. The van der Waals surface area contributed by atoms with Gasteiger partial charge in [-0.2, -0.15) is 0 Å². The maximum absolute atomic E-state index is 5.76. The van der Waals surface area contributed by atoms with Gasteiger partial charge in [-0.3, -0.25) is 0 Å². The van der Waals surface area contributed by atoms with Gasteiger partial charge in [0.05, 0.1) is 6.61 Å². The molecule has 0 fully saturated rings. The molecule has 0 aliphatic heterocycles. The van der Waals surface area contributed by atoms with Crippen LogP contribution in [0.2, 0.25) is 0 Å². The van der Waals surface area contributed by atoms with Gasteiger partial charge in [0.15, 0.2) is 0 Å². The van der Waals surface area contributed by atoms with Crippen molar-refractivity contribution < 1.29 is 4.74 Å². The van der Waals surface area contributed by atoms with E-state index in [0.717, 1.165) is 18.8 Å². The molecule has 0 atom stereocenters. The Kier molecular flexibility index (Phi) is 6.62. The van der Waals surface area contributed by atoms with E-state index in [4.69, 9.17) is 27.9 Å². The van der Waals surface area contributed by atoms with Gasteiger partial charge in [0, 0.05) is 37.6 Å². The third-order valence-corrected chi connectivity index (χ3v) is 2.66. The van der Waals surface area contributed by atoms with Crippen LogP contribution in [-0.2, 0) is 11.3 Å². The van der Waals surface area contributed by atoms with Gasteiger partial charge >= 0.3 is 0 Å². The lowest BCUT2D eigenvalue weighted by Gasteiger charge is -2.22. The van der Waals surface area contributed by atoms with Crippen molar-refractivity contribution in [1.29, 1.82) is 0 Å². The van der Waals surface area contributed by atoms with E-state index < -0.39 is 0 Å². The van der Waals surface area contributed by atoms with E-state index in [2.05, 4.69) is 29.2 Å². The van der Waals surface area contributed by atoms with E-state index in [9.17, 15) is 0 Å². The summed E-state index contributed by atoms with van der Waals surface area (Å²) in [7, 11) is 1.70. The highest BCUT2D eigenvalue weighted by atomic mass is 35.5. The van der Waals surface area contributed by atoms with Gasteiger partial charge in [0.25, 0.3) is 0 Å². The molecule has 0 saturated carbocycles. The van der Waals surface area contributed by atoms with Gasteiger partial charge in [0.1, 0.15) is 0 Å². The third-order valence-electron chi connectivity index (χ3n) is 2.32. The topological polar surface area (TPSA) is 12.5 Å². The van der Waals surface area contributed by atoms with Gasteiger partial charge in [-0.15, -0.1) is 23.2 Å². The van der Waals surface area contributed by atoms with Crippen LogP contribution in [0.15, 0.2) is 24.3 Å². The van der Waals surface area contributed by atoms with E-state index in [1.54, 1.807) is 7.11 Å². The van der Waals surface area contributed by atoms with Crippen LogP contribution in [0.25, 0.3) is 0 Å². The predicted octanol–water partition coefficient (Wildman–Crippen LogP) is 3.12. The number of benzene rings is 1. The lowest BCUT2D eigenvalue weighted by molar-refractivity contribution is 0.185. The SMILES string of the molecule is COCc1ccc(N(CCCl)CCCl)cc1. The molecule has 0 aromatic heterocycles. The zero-order valence-electron chi connectivity index (χ0n) is 9.46. The van der Waals surface area contributed by atoms with E-state index in [1.807, 2.05) is 0 Å². The number of rotatable bonds is 7. The summed E-state index contributed by atoms with van der Waals surface area (Å²) in [5.74, 6) is 1.22. The van der Waals surface area contributed by atoms with Crippen LogP contribution in [0.4, 0.5) is 5.69 Å². The van der Waals surface area contributed by atoms with Crippen molar-refractivity contribution in [3.8, 4) is 0 Å². The normalized spacial score (nSPS) is 10.4. The van der Waals surface area contributed by atoms with Crippen molar-refractivity contribution in [1.82, 2.24) is 0 Å². The minimum absolute atomic E-state index is 0.608. The molecule has 0 N–H and O–H groups in total. The molecule has 1 aromatic carbocycles. The average molecular weight is 262 g/mol. The molecule has 16 heavy (non-hydrogen) atoms. The number of halogens is 2. The zero-order chi connectivity index (χ0) is 11.8. The van der Waals surface area contributed by atoms with Crippen LogP contribution in [0.5, 0.6) is 0 Å². The summed E-state index contributed by atoms with van der Waals surface area (Å²) < 4.78 is 5.07. The standard InChI is InChI=1S/C12H17Cl2NO/c1-16-10-11-2-4-12(5-3-11)15(8-6-13)9-7-14/h2-5H,6-10H2,1H3. The van der Waals surface area contributed by atoms with Crippen LogP contribution in [0.1, 0.15) is 5.56 Å². The van der Waals surface area contributed by atoms with Crippen molar-refractivity contribution in [3.63, 3.8) is 0 Å². The van der Waals surface area contributed by atoms with Crippen LogP contribution in [-0.4, -0.2) is 32.0 Å². The molecule has 1 aromatic rings. The first kappa shape index (κ1) is 13.6. The molecule has 0 aliphatic carbocycles. The van der Waals surface area contributed by atoms with Crippen LogP contribution in [0.3, 0.4) is 0 Å². The quantitative estimate of drug-likeness (QED) is 0.700. The molecule has 2 nitrogen and oxygen atoms in total. The van der Waals surface area contributed by atoms with Crippen molar-refractivity contribution in [2.45, 2.75) is 6.61 Å². The Morgan fingerprint density at radius 1 is 1.06 bits per heavy atom. The first-order valence-corrected chi connectivity index (χ1v) is 6.33. The fourth-order valence-electron chi connectivity index (χ4n) is 1.54. The summed E-state index contributed by atoms with van der Waals surface area (Å²) in [6.45, 7) is 2.28. The van der Waals surface area contributed by atoms with Crippen molar-refractivity contribution >= 4 is 28.9 Å². The van der Waals surface area contributed by atoms with Crippen molar-refractivity contribution in [2.24, 2.45) is 0 Å². The summed E-state index contributed by atoms with van der Waals surface area (Å²) in [5.41, 5.74) is 2.32. The second kappa shape index (κ2) is 7.77. The molecular formula is C12H17Cl2NO. The molecule has 0 amide bonds. The first-order valence-electron chi connectivity index (χ1n) is 5.26. The maximum atomic E-state index is 5.76. The number of methoxy groups -OCH3 is 1. The molecule has 4 heteroatoms. The maximum Gasteiger partial charge on any atom is 0.0713 e. The molecule has 0 saturated heterocycles. The Bertz CT molecular complexity index is 284. The highest BCUT2D eigenvalue weighted by molar-refractivity contribution is 6.18. The average Bonchev–Trinajstić information content (AvgIpc) is 2.30. The van der Waals surface area contributed by atoms with E-state index in [-0.39, 0.29) is 0 Å². The summed E-state index contributed by atoms with van der Waals surface area (Å²) in [6.07, 6.45) is 0. The van der Waals surface area contributed by atoms with Crippen molar-refractivity contribution in [2.75, 3.05) is 36.9 Å². The molecule has 1 rings (SSSR count). The molecular weight excluding hydrogens is 245 g/mol. The minimum Gasteiger partial charge on any atom is -0.380 e. The molecule has 0 bridgehead atoms. The Morgan fingerprint density at radius 3 is 2.06 bits per heavy atom. The number of ether oxygens (including phenoxy) is 1. The second-order valence-corrected chi connectivity index (χ2v) is 4.22. The number of hydrogen-bond acceptors (Lipinski definition) is 2. The highest BCUT2D eigenvalue weighted by Gasteiger charge is 2.04. The molecule has 90 valence electrons. The number of alkyl halides is 2. The summed E-state index contributed by atoms with van der Waals surface area (Å²) in [4.78, 5) is 2.18. The van der Waals surface area contributed by atoms with E-state index in [0.29, 0.717) is 18.4 Å². The molecule has 0 aliphatic rings. The monoisotopic (exact) mass is 261 g/mol. The Morgan fingerprint density at radius 2 is 1.62 bits per heavy atom. The fourth-order valence-corrected chi connectivity index (χ4v) is 1.95. The molecule has 0 radical (unpaired) electrons. The van der Waals surface area contributed by atoms with E-state index in [1.165, 1.54) is 5.56 Å². The lowest BCUT2D eigenvalue weighted by Crippen LogP contribution is -2.27. The highest BCUT2D eigenvalue weighted by Crippen LogP contribution is 2.15. The van der Waals surface area contributed by atoms with Gasteiger partial charge in [0.2, 0.25) is 0 Å². The van der Waals surface area contributed by atoms with Crippen molar-refractivity contribution in [3.05, 3.63) is 29.8 Å². The van der Waals surface area contributed by atoms with Gasteiger partial charge in [-0.1, -0.05) is 12.1 Å². The van der Waals surface area contributed by atoms with Gasteiger partial charge in [-0.25, -0.2) is 0 Å². The number of nitrogens with zero attached hydrogens (tertiary/aromatic N) is 1. The summed E-state index contributed by atoms with van der Waals surface area (Å²) in [5, 5.41) is 0. The Balaban J connectivity index is 2.68. The fraction of sp³-hybridized carbons (Fsp3) is 0.500. The van der Waals surface area contributed by atoms with Gasteiger partial charge in [-0.05, 0) is 17.7 Å². The van der Waals surface area contributed by atoms with Crippen LogP contribution >= 0.6 is 23.2 Å². The summed E-state index contributed by atoms with van der Waals surface area (Å²) >= 11 is 11.5.